The lowest BCUT2D eigenvalue weighted by molar-refractivity contribution is 0.0680. The first-order chi connectivity index (χ1) is 10.7. The average molecular weight is 300 g/mol. The number of carbonyl (C=O) groups excluding carboxylic acids is 1. The molecule has 22 heavy (non-hydrogen) atoms. The van der Waals surface area contributed by atoms with Crippen LogP contribution in [0.25, 0.3) is 0 Å². The molecule has 0 spiro atoms. The molecular formula is C17H20N2O3. The molecule has 0 saturated carbocycles. The standard InChI is InChI=1S/C17H20N2O3/c1-21-11-10-19(13-14-6-8-18-9-7-14)17(20)15-4-3-5-16(12-15)22-2/h3-9,12H,10-11,13H2,1-2H3. The summed E-state index contributed by atoms with van der Waals surface area (Å²) < 4.78 is 10.3. The van der Waals surface area contributed by atoms with E-state index in [9.17, 15) is 4.79 Å². The zero-order chi connectivity index (χ0) is 15.8. The molecule has 1 aromatic carbocycles. The second kappa shape index (κ2) is 8.14. The van der Waals surface area contributed by atoms with Gasteiger partial charge in [-0.2, -0.15) is 0 Å². The Labute approximate surface area is 130 Å². The smallest absolute Gasteiger partial charge is 0.254 e. The zero-order valence-corrected chi connectivity index (χ0v) is 12.9. The van der Waals surface area contributed by atoms with Crippen LogP contribution in [0.1, 0.15) is 15.9 Å². The van der Waals surface area contributed by atoms with E-state index in [2.05, 4.69) is 4.98 Å². The lowest BCUT2D eigenvalue weighted by atomic mass is 10.1. The van der Waals surface area contributed by atoms with Crippen molar-refractivity contribution in [2.45, 2.75) is 6.54 Å². The highest BCUT2D eigenvalue weighted by atomic mass is 16.5. The Balaban J connectivity index is 2.18. The van der Waals surface area contributed by atoms with Gasteiger partial charge in [-0.15, -0.1) is 0 Å². The molecule has 0 unspecified atom stereocenters. The summed E-state index contributed by atoms with van der Waals surface area (Å²) in [6.07, 6.45) is 3.44. The highest BCUT2D eigenvalue weighted by molar-refractivity contribution is 5.94. The van der Waals surface area contributed by atoms with Gasteiger partial charge in [0, 0.05) is 38.2 Å². The van der Waals surface area contributed by atoms with Crippen molar-refractivity contribution in [1.82, 2.24) is 9.88 Å². The van der Waals surface area contributed by atoms with Crippen LogP contribution in [0.15, 0.2) is 48.8 Å². The highest BCUT2D eigenvalue weighted by Gasteiger charge is 2.16. The van der Waals surface area contributed by atoms with Crippen molar-refractivity contribution in [3.63, 3.8) is 0 Å². The first-order valence-corrected chi connectivity index (χ1v) is 7.05. The molecule has 116 valence electrons. The monoisotopic (exact) mass is 300 g/mol. The number of rotatable bonds is 7. The van der Waals surface area contributed by atoms with Gasteiger partial charge in [-0.3, -0.25) is 9.78 Å². The molecule has 0 aliphatic rings. The Kier molecular flexibility index (Phi) is 5.91. The molecule has 0 aliphatic heterocycles. The van der Waals surface area contributed by atoms with Gasteiger partial charge in [-0.1, -0.05) is 6.07 Å². The van der Waals surface area contributed by atoms with Gasteiger partial charge in [-0.05, 0) is 35.9 Å². The molecule has 5 nitrogen and oxygen atoms in total. The second-order valence-corrected chi connectivity index (χ2v) is 4.81. The quantitative estimate of drug-likeness (QED) is 0.788. The van der Waals surface area contributed by atoms with Gasteiger partial charge < -0.3 is 14.4 Å². The fraction of sp³-hybridized carbons (Fsp3) is 0.294. The van der Waals surface area contributed by atoms with Crippen molar-refractivity contribution in [3.8, 4) is 5.75 Å². The maximum Gasteiger partial charge on any atom is 0.254 e. The van der Waals surface area contributed by atoms with E-state index in [0.717, 1.165) is 5.56 Å². The number of hydrogen-bond donors (Lipinski definition) is 0. The lowest BCUT2D eigenvalue weighted by Gasteiger charge is -2.22. The van der Waals surface area contributed by atoms with E-state index in [1.807, 2.05) is 24.3 Å². The molecule has 0 radical (unpaired) electrons. The number of amides is 1. The summed E-state index contributed by atoms with van der Waals surface area (Å²) in [6.45, 7) is 1.53. The van der Waals surface area contributed by atoms with Gasteiger partial charge in [0.05, 0.1) is 13.7 Å². The van der Waals surface area contributed by atoms with Crippen molar-refractivity contribution < 1.29 is 14.3 Å². The van der Waals surface area contributed by atoms with Crippen molar-refractivity contribution in [2.24, 2.45) is 0 Å². The number of aromatic nitrogens is 1. The summed E-state index contributed by atoms with van der Waals surface area (Å²) in [5.74, 6) is 0.620. The Hall–Kier alpha value is -2.40. The van der Waals surface area contributed by atoms with Crippen molar-refractivity contribution in [1.29, 1.82) is 0 Å². The number of ether oxygens (including phenoxy) is 2. The number of hydrogen-bond acceptors (Lipinski definition) is 4. The molecule has 0 saturated heterocycles. The molecule has 0 atom stereocenters. The zero-order valence-electron chi connectivity index (χ0n) is 12.9. The third-order valence-electron chi connectivity index (χ3n) is 3.29. The van der Waals surface area contributed by atoms with Gasteiger partial charge in [0.1, 0.15) is 5.75 Å². The molecule has 2 rings (SSSR count). The van der Waals surface area contributed by atoms with E-state index < -0.39 is 0 Å². The van der Waals surface area contributed by atoms with Crippen LogP contribution >= 0.6 is 0 Å². The van der Waals surface area contributed by atoms with Crippen LogP contribution in [0.5, 0.6) is 5.75 Å². The number of carbonyl (C=O) groups is 1. The van der Waals surface area contributed by atoms with Crippen LogP contribution in [0.4, 0.5) is 0 Å². The van der Waals surface area contributed by atoms with Gasteiger partial charge >= 0.3 is 0 Å². The summed E-state index contributed by atoms with van der Waals surface area (Å²) in [6, 6.07) is 11.0. The molecule has 0 aliphatic carbocycles. The number of nitrogens with zero attached hydrogens (tertiary/aromatic N) is 2. The van der Waals surface area contributed by atoms with Crippen LogP contribution in [-0.2, 0) is 11.3 Å². The van der Waals surface area contributed by atoms with Crippen LogP contribution in [-0.4, -0.2) is 43.2 Å². The maximum atomic E-state index is 12.7. The Bertz CT molecular complexity index is 602. The van der Waals surface area contributed by atoms with Gasteiger partial charge in [-0.25, -0.2) is 0 Å². The number of pyridine rings is 1. The van der Waals surface area contributed by atoms with E-state index >= 15 is 0 Å². The maximum absolute atomic E-state index is 12.7. The summed E-state index contributed by atoms with van der Waals surface area (Å²) in [4.78, 5) is 18.5. The van der Waals surface area contributed by atoms with Gasteiger partial charge in [0.15, 0.2) is 0 Å². The second-order valence-electron chi connectivity index (χ2n) is 4.81. The van der Waals surface area contributed by atoms with Gasteiger partial charge in [0.25, 0.3) is 5.91 Å². The first-order valence-electron chi connectivity index (χ1n) is 7.05. The van der Waals surface area contributed by atoms with E-state index in [1.54, 1.807) is 43.6 Å². The Morgan fingerprint density at radius 2 is 1.95 bits per heavy atom. The van der Waals surface area contributed by atoms with Crippen LogP contribution in [0.3, 0.4) is 0 Å². The topological polar surface area (TPSA) is 51.7 Å². The number of methoxy groups -OCH3 is 2. The van der Waals surface area contributed by atoms with E-state index in [4.69, 9.17) is 9.47 Å². The molecule has 0 N–H and O–H groups in total. The Morgan fingerprint density at radius 1 is 1.18 bits per heavy atom. The average Bonchev–Trinajstić information content (AvgIpc) is 2.59. The number of benzene rings is 1. The fourth-order valence-electron chi connectivity index (χ4n) is 2.10. The molecule has 5 heteroatoms. The summed E-state index contributed by atoms with van der Waals surface area (Å²) >= 11 is 0. The lowest BCUT2D eigenvalue weighted by Crippen LogP contribution is -2.33. The van der Waals surface area contributed by atoms with Crippen molar-refractivity contribution >= 4 is 5.91 Å². The van der Waals surface area contributed by atoms with Crippen LogP contribution in [0.2, 0.25) is 0 Å². The van der Waals surface area contributed by atoms with Crippen molar-refractivity contribution in [2.75, 3.05) is 27.4 Å². The van der Waals surface area contributed by atoms with E-state index in [1.165, 1.54) is 0 Å². The Morgan fingerprint density at radius 3 is 2.64 bits per heavy atom. The normalized spacial score (nSPS) is 10.3. The minimum absolute atomic E-state index is 0.0484. The first kappa shape index (κ1) is 16.0. The minimum Gasteiger partial charge on any atom is -0.497 e. The SMILES string of the molecule is COCCN(Cc1ccncc1)C(=O)c1cccc(OC)c1. The molecule has 1 amide bonds. The molecule has 2 aromatic rings. The third kappa shape index (κ3) is 4.30. The summed E-state index contributed by atoms with van der Waals surface area (Å²) in [7, 11) is 3.21. The molecule has 0 fully saturated rings. The minimum atomic E-state index is -0.0484. The largest absolute Gasteiger partial charge is 0.497 e. The fourth-order valence-corrected chi connectivity index (χ4v) is 2.10. The highest BCUT2D eigenvalue weighted by Crippen LogP contribution is 2.15. The predicted octanol–water partition coefficient (Wildman–Crippen LogP) is 2.38. The molecule has 1 aromatic heterocycles. The molecule has 1 heterocycles. The predicted molar refractivity (Wildman–Crippen MR) is 83.8 cm³/mol. The van der Waals surface area contributed by atoms with Gasteiger partial charge in [0.2, 0.25) is 0 Å². The summed E-state index contributed by atoms with van der Waals surface area (Å²) in [5, 5.41) is 0. The molecule has 0 bridgehead atoms. The van der Waals surface area contributed by atoms with Crippen molar-refractivity contribution in [3.05, 3.63) is 59.9 Å². The third-order valence-corrected chi connectivity index (χ3v) is 3.29. The molecular weight excluding hydrogens is 280 g/mol. The van der Waals surface area contributed by atoms with E-state index in [0.29, 0.717) is 31.0 Å². The van der Waals surface area contributed by atoms with Crippen LogP contribution in [0, 0.1) is 0 Å². The van der Waals surface area contributed by atoms with Crippen LogP contribution < -0.4 is 4.74 Å². The van der Waals surface area contributed by atoms with E-state index in [-0.39, 0.29) is 5.91 Å². The summed E-state index contributed by atoms with van der Waals surface area (Å²) in [5.41, 5.74) is 1.63.